The molecule has 3 rings (SSSR count). The molecule has 24 heavy (non-hydrogen) atoms. The predicted molar refractivity (Wildman–Crippen MR) is 93.5 cm³/mol. The van der Waals surface area contributed by atoms with Gasteiger partial charge in [-0.1, -0.05) is 24.6 Å². The summed E-state index contributed by atoms with van der Waals surface area (Å²) in [6.07, 6.45) is 2.66. The first-order chi connectivity index (χ1) is 11.6. The minimum atomic E-state index is -0.402. The number of nitrogens with zero attached hydrogens (tertiary/aromatic N) is 1. The van der Waals surface area contributed by atoms with Crippen LogP contribution in [0.15, 0.2) is 18.2 Å². The van der Waals surface area contributed by atoms with Crippen LogP contribution in [0, 0.1) is 11.7 Å². The number of hydrogen-bond donors (Lipinski definition) is 2. The number of nitrogens with one attached hydrogen (secondary N) is 2. The van der Waals surface area contributed by atoms with E-state index >= 15 is 0 Å². The summed E-state index contributed by atoms with van der Waals surface area (Å²) in [5, 5.41) is 6.65. The van der Waals surface area contributed by atoms with Crippen LogP contribution in [-0.4, -0.2) is 43.0 Å². The number of hydrogen-bond acceptors (Lipinski definition) is 3. The van der Waals surface area contributed by atoms with Gasteiger partial charge in [0.1, 0.15) is 5.82 Å². The lowest BCUT2D eigenvalue weighted by atomic mass is 9.95. The molecular formula is C18H25ClFN3O. The SMILES string of the molecule is CCN1CCC(NC(=O)C2CCNCC2)C1c1ccc(Cl)c(F)c1. The molecule has 4 nitrogen and oxygen atoms in total. The highest BCUT2D eigenvalue weighted by Gasteiger charge is 2.36. The summed E-state index contributed by atoms with van der Waals surface area (Å²) in [4.78, 5) is 14.9. The number of carbonyl (C=O) groups excluding carboxylic acids is 1. The van der Waals surface area contributed by atoms with E-state index in [1.165, 1.54) is 6.07 Å². The van der Waals surface area contributed by atoms with Crippen LogP contribution in [0.25, 0.3) is 0 Å². The van der Waals surface area contributed by atoms with Crippen molar-refractivity contribution in [3.05, 3.63) is 34.6 Å². The van der Waals surface area contributed by atoms with Gasteiger partial charge in [0.25, 0.3) is 0 Å². The van der Waals surface area contributed by atoms with Gasteiger partial charge >= 0.3 is 0 Å². The molecule has 2 N–H and O–H groups in total. The van der Waals surface area contributed by atoms with E-state index in [1.807, 2.05) is 6.07 Å². The van der Waals surface area contributed by atoms with Crippen LogP contribution < -0.4 is 10.6 Å². The van der Waals surface area contributed by atoms with Gasteiger partial charge in [-0.3, -0.25) is 9.69 Å². The third-order valence-electron chi connectivity index (χ3n) is 5.23. The molecule has 0 spiro atoms. The van der Waals surface area contributed by atoms with E-state index in [9.17, 15) is 9.18 Å². The molecule has 1 amide bonds. The van der Waals surface area contributed by atoms with Crippen LogP contribution >= 0.6 is 11.6 Å². The van der Waals surface area contributed by atoms with Gasteiger partial charge in [0.2, 0.25) is 5.91 Å². The first kappa shape index (κ1) is 17.6. The van der Waals surface area contributed by atoms with Crippen LogP contribution in [0.1, 0.15) is 37.8 Å². The van der Waals surface area contributed by atoms with Crippen molar-refractivity contribution in [3.63, 3.8) is 0 Å². The second kappa shape index (κ2) is 7.81. The van der Waals surface area contributed by atoms with E-state index in [0.29, 0.717) is 0 Å². The van der Waals surface area contributed by atoms with E-state index < -0.39 is 5.82 Å². The zero-order valence-electron chi connectivity index (χ0n) is 14.0. The van der Waals surface area contributed by atoms with Crippen LogP contribution in [0.5, 0.6) is 0 Å². The van der Waals surface area contributed by atoms with Crippen LogP contribution in [0.4, 0.5) is 4.39 Å². The number of piperidine rings is 1. The molecule has 6 heteroatoms. The summed E-state index contributed by atoms with van der Waals surface area (Å²) < 4.78 is 13.9. The molecule has 2 atom stereocenters. The first-order valence-electron chi connectivity index (χ1n) is 8.80. The van der Waals surface area contributed by atoms with Crippen LogP contribution in [-0.2, 0) is 4.79 Å². The zero-order valence-corrected chi connectivity index (χ0v) is 14.8. The van der Waals surface area contributed by atoms with Gasteiger partial charge in [0.05, 0.1) is 11.1 Å². The molecule has 2 unspecified atom stereocenters. The number of carbonyl (C=O) groups is 1. The maximum absolute atomic E-state index is 13.9. The number of amides is 1. The van der Waals surface area contributed by atoms with Crippen molar-refractivity contribution in [2.24, 2.45) is 5.92 Å². The quantitative estimate of drug-likeness (QED) is 0.874. The number of likely N-dealkylation sites (tertiary alicyclic amines) is 1. The molecule has 2 fully saturated rings. The smallest absolute Gasteiger partial charge is 0.223 e. The molecule has 1 aromatic carbocycles. The number of benzene rings is 1. The van der Waals surface area contributed by atoms with E-state index in [2.05, 4.69) is 22.5 Å². The van der Waals surface area contributed by atoms with E-state index in [1.54, 1.807) is 6.07 Å². The largest absolute Gasteiger partial charge is 0.351 e. The molecular weight excluding hydrogens is 329 g/mol. The maximum Gasteiger partial charge on any atom is 0.223 e. The Hall–Kier alpha value is -1.17. The highest BCUT2D eigenvalue weighted by atomic mass is 35.5. The highest BCUT2D eigenvalue weighted by molar-refractivity contribution is 6.30. The van der Waals surface area contributed by atoms with Crippen molar-refractivity contribution in [1.82, 2.24) is 15.5 Å². The summed E-state index contributed by atoms with van der Waals surface area (Å²) >= 11 is 5.82. The van der Waals surface area contributed by atoms with Crippen molar-refractivity contribution in [3.8, 4) is 0 Å². The monoisotopic (exact) mass is 353 g/mol. The third-order valence-corrected chi connectivity index (χ3v) is 5.54. The summed E-state index contributed by atoms with van der Waals surface area (Å²) in [5.74, 6) is -0.177. The molecule has 0 aromatic heterocycles. The average Bonchev–Trinajstić information content (AvgIpc) is 3.00. The van der Waals surface area contributed by atoms with Gasteiger partial charge in [-0.2, -0.15) is 0 Å². The molecule has 2 aliphatic rings. The Labute approximate surface area is 147 Å². The number of rotatable bonds is 4. The molecule has 2 saturated heterocycles. The fraction of sp³-hybridized carbons (Fsp3) is 0.611. The van der Waals surface area contributed by atoms with Crippen molar-refractivity contribution in [2.45, 2.75) is 38.3 Å². The Bertz CT molecular complexity index is 592. The normalized spacial score (nSPS) is 25.8. The van der Waals surface area contributed by atoms with Crippen LogP contribution in [0.2, 0.25) is 5.02 Å². The standard InChI is InChI=1S/C18H25ClFN3O/c1-2-23-10-7-16(22-18(24)12-5-8-21-9-6-12)17(23)13-3-4-14(19)15(20)11-13/h3-4,11-12,16-17,21H,2,5-10H2,1H3,(H,22,24). The molecule has 0 aliphatic carbocycles. The van der Waals surface area contributed by atoms with Crippen molar-refractivity contribution in [1.29, 1.82) is 0 Å². The molecule has 1 aromatic rings. The van der Waals surface area contributed by atoms with Gasteiger partial charge in [-0.05, 0) is 56.6 Å². The Morgan fingerprint density at radius 1 is 1.38 bits per heavy atom. The third kappa shape index (κ3) is 3.73. The van der Waals surface area contributed by atoms with Gasteiger partial charge in [-0.15, -0.1) is 0 Å². The highest BCUT2D eigenvalue weighted by Crippen LogP contribution is 2.34. The first-order valence-corrected chi connectivity index (χ1v) is 9.18. The molecule has 132 valence electrons. The zero-order chi connectivity index (χ0) is 17.1. The van der Waals surface area contributed by atoms with Gasteiger partial charge in [0.15, 0.2) is 0 Å². The van der Waals surface area contributed by atoms with E-state index in [4.69, 9.17) is 11.6 Å². The van der Waals surface area contributed by atoms with Gasteiger partial charge < -0.3 is 10.6 Å². The Kier molecular flexibility index (Phi) is 5.74. The van der Waals surface area contributed by atoms with Crippen LogP contribution in [0.3, 0.4) is 0 Å². The molecule has 0 bridgehead atoms. The van der Waals surface area contributed by atoms with E-state index in [-0.39, 0.29) is 28.9 Å². The Morgan fingerprint density at radius 2 is 2.12 bits per heavy atom. The van der Waals surface area contributed by atoms with E-state index in [0.717, 1.165) is 51.0 Å². The molecule has 0 saturated carbocycles. The minimum Gasteiger partial charge on any atom is -0.351 e. The molecule has 2 heterocycles. The summed E-state index contributed by atoms with van der Waals surface area (Å²) in [6.45, 7) is 5.67. The second-order valence-electron chi connectivity index (χ2n) is 6.68. The predicted octanol–water partition coefficient (Wildman–Crippen LogP) is 2.73. The Balaban J connectivity index is 1.75. The fourth-order valence-corrected chi connectivity index (χ4v) is 4.00. The average molecular weight is 354 g/mol. The maximum atomic E-state index is 13.9. The fourth-order valence-electron chi connectivity index (χ4n) is 3.89. The number of halogens is 2. The number of likely N-dealkylation sites (N-methyl/N-ethyl adjacent to an activating group) is 1. The lowest BCUT2D eigenvalue weighted by Gasteiger charge is -2.30. The Morgan fingerprint density at radius 3 is 2.79 bits per heavy atom. The van der Waals surface area contributed by atoms with Crippen molar-refractivity contribution < 1.29 is 9.18 Å². The summed E-state index contributed by atoms with van der Waals surface area (Å²) in [6, 6.07) is 5.00. The summed E-state index contributed by atoms with van der Waals surface area (Å²) in [7, 11) is 0. The molecule has 0 radical (unpaired) electrons. The molecule has 2 aliphatic heterocycles. The lowest BCUT2D eigenvalue weighted by molar-refractivity contribution is -0.126. The topological polar surface area (TPSA) is 44.4 Å². The van der Waals surface area contributed by atoms with Crippen molar-refractivity contribution in [2.75, 3.05) is 26.2 Å². The minimum absolute atomic E-state index is 0.00688. The second-order valence-corrected chi connectivity index (χ2v) is 7.08. The lowest BCUT2D eigenvalue weighted by Crippen LogP contribution is -2.44. The van der Waals surface area contributed by atoms with Crippen molar-refractivity contribution >= 4 is 17.5 Å². The summed E-state index contributed by atoms with van der Waals surface area (Å²) in [5.41, 5.74) is 0.881. The van der Waals surface area contributed by atoms with Gasteiger partial charge in [0, 0.05) is 18.5 Å². The van der Waals surface area contributed by atoms with Gasteiger partial charge in [-0.25, -0.2) is 4.39 Å².